The highest BCUT2D eigenvalue weighted by atomic mass is 19.1. The van der Waals surface area contributed by atoms with E-state index in [1.54, 1.807) is 0 Å². The highest BCUT2D eigenvalue weighted by Crippen LogP contribution is 2.32. The molecule has 0 radical (unpaired) electrons. The van der Waals surface area contributed by atoms with Crippen molar-refractivity contribution >= 4 is 17.3 Å². The molecule has 98 valence electrons. The molecule has 18 heavy (non-hydrogen) atoms. The number of carboxylic acid groups (broad SMARTS) is 1. The first-order chi connectivity index (χ1) is 8.52. The number of hydrogen-bond acceptors (Lipinski definition) is 3. The molecule has 1 saturated carbocycles. The van der Waals surface area contributed by atoms with Gasteiger partial charge in [0.2, 0.25) is 0 Å². The lowest BCUT2D eigenvalue weighted by Crippen LogP contribution is -2.30. The fraction of sp³-hybridized carbons (Fsp3) is 0.462. The van der Waals surface area contributed by atoms with Gasteiger partial charge in [0.1, 0.15) is 11.4 Å². The summed E-state index contributed by atoms with van der Waals surface area (Å²) >= 11 is 0. The van der Waals surface area contributed by atoms with Gasteiger partial charge in [-0.1, -0.05) is 12.8 Å². The molecular weight excluding hydrogens is 235 g/mol. The van der Waals surface area contributed by atoms with Gasteiger partial charge in [-0.2, -0.15) is 0 Å². The number of nitrogen functional groups attached to an aromatic ring is 1. The Bertz CT molecular complexity index is 470. The summed E-state index contributed by atoms with van der Waals surface area (Å²) in [5.74, 6) is -1.87. The van der Waals surface area contributed by atoms with Gasteiger partial charge in [-0.25, -0.2) is 9.18 Å². The SMILES string of the molecule is CN(c1ccc(F)c(N)c1C(=O)O)C1CCCC1. The van der Waals surface area contributed by atoms with E-state index in [-0.39, 0.29) is 11.3 Å². The lowest BCUT2D eigenvalue weighted by molar-refractivity contribution is 0.0698. The molecule has 5 heteroatoms. The first-order valence-electron chi connectivity index (χ1n) is 6.06. The van der Waals surface area contributed by atoms with Crippen molar-refractivity contribution in [2.24, 2.45) is 0 Å². The third-order valence-corrected chi connectivity index (χ3v) is 3.64. The van der Waals surface area contributed by atoms with E-state index >= 15 is 0 Å². The van der Waals surface area contributed by atoms with E-state index < -0.39 is 11.8 Å². The predicted molar refractivity (Wildman–Crippen MR) is 68.4 cm³/mol. The van der Waals surface area contributed by atoms with Crippen LogP contribution in [0.1, 0.15) is 36.0 Å². The van der Waals surface area contributed by atoms with Gasteiger partial charge in [0.25, 0.3) is 0 Å². The van der Waals surface area contributed by atoms with Crippen LogP contribution in [0.15, 0.2) is 12.1 Å². The number of aromatic carboxylic acids is 1. The number of halogens is 1. The molecule has 0 saturated heterocycles. The molecule has 0 heterocycles. The molecule has 1 aliphatic rings. The van der Waals surface area contributed by atoms with Crippen LogP contribution in [0.2, 0.25) is 0 Å². The Morgan fingerprint density at radius 3 is 2.61 bits per heavy atom. The van der Waals surface area contributed by atoms with E-state index in [4.69, 9.17) is 5.73 Å². The standard InChI is InChI=1S/C13H17FN2O2/c1-16(8-4-2-3-5-8)10-7-6-9(14)12(15)11(10)13(17)18/h6-8H,2-5,15H2,1H3,(H,17,18). The van der Waals surface area contributed by atoms with Crippen LogP contribution in [-0.2, 0) is 0 Å². The van der Waals surface area contributed by atoms with Crippen molar-refractivity contribution in [2.45, 2.75) is 31.7 Å². The van der Waals surface area contributed by atoms with Crippen LogP contribution in [0, 0.1) is 5.82 Å². The Morgan fingerprint density at radius 2 is 2.06 bits per heavy atom. The highest BCUT2D eigenvalue weighted by Gasteiger charge is 2.25. The Morgan fingerprint density at radius 1 is 1.44 bits per heavy atom. The molecule has 0 bridgehead atoms. The number of nitrogens with zero attached hydrogens (tertiary/aromatic N) is 1. The van der Waals surface area contributed by atoms with Gasteiger partial charge in [0.15, 0.2) is 0 Å². The molecule has 3 N–H and O–H groups in total. The molecule has 4 nitrogen and oxygen atoms in total. The molecule has 0 spiro atoms. The van der Waals surface area contributed by atoms with E-state index in [0.717, 1.165) is 25.7 Å². The normalized spacial score (nSPS) is 15.9. The third kappa shape index (κ3) is 2.12. The summed E-state index contributed by atoms with van der Waals surface area (Å²) in [7, 11) is 1.84. The van der Waals surface area contributed by atoms with Gasteiger partial charge in [0, 0.05) is 13.1 Å². The van der Waals surface area contributed by atoms with Crippen molar-refractivity contribution in [3.05, 3.63) is 23.5 Å². The molecule has 0 unspecified atom stereocenters. The van der Waals surface area contributed by atoms with E-state index in [2.05, 4.69) is 0 Å². The summed E-state index contributed by atoms with van der Waals surface area (Å²) in [6, 6.07) is 3.03. The van der Waals surface area contributed by atoms with Gasteiger partial charge in [-0.3, -0.25) is 0 Å². The number of hydrogen-bond donors (Lipinski definition) is 2. The van der Waals surface area contributed by atoms with E-state index in [1.165, 1.54) is 12.1 Å². The molecule has 1 aliphatic carbocycles. The second kappa shape index (κ2) is 4.84. The first-order valence-corrected chi connectivity index (χ1v) is 6.06. The number of nitrogens with two attached hydrogens (primary N) is 1. The summed E-state index contributed by atoms with van der Waals surface area (Å²) in [6.07, 6.45) is 4.36. The molecule has 2 rings (SSSR count). The summed E-state index contributed by atoms with van der Waals surface area (Å²) in [4.78, 5) is 13.1. The van der Waals surface area contributed by atoms with Crippen LogP contribution in [0.25, 0.3) is 0 Å². The van der Waals surface area contributed by atoms with Crippen molar-refractivity contribution in [3.8, 4) is 0 Å². The summed E-state index contributed by atoms with van der Waals surface area (Å²) in [6.45, 7) is 0. The quantitative estimate of drug-likeness (QED) is 0.811. The maximum atomic E-state index is 13.4. The van der Waals surface area contributed by atoms with E-state index in [0.29, 0.717) is 11.7 Å². The second-order valence-corrected chi connectivity index (χ2v) is 4.71. The zero-order valence-electron chi connectivity index (χ0n) is 10.3. The Labute approximate surface area is 105 Å². The van der Waals surface area contributed by atoms with Gasteiger partial charge in [-0.05, 0) is 25.0 Å². The molecule has 0 atom stereocenters. The van der Waals surface area contributed by atoms with Gasteiger partial charge in [-0.15, -0.1) is 0 Å². The highest BCUT2D eigenvalue weighted by molar-refractivity contribution is 6.00. The lowest BCUT2D eigenvalue weighted by Gasteiger charge is -2.28. The summed E-state index contributed by atoms with van der Waals surface area (Å²) < 4.78 is 13.4. The number of benzene rings is 1. The maximum absolute atomic E-state index is 13.4. The van der Waals surface area contributed by atoms with Crippen LogP contribution in [0.3, 0.4) is 0 Å². The Balaban J connectivity index is 2.43. The monoisotopic (exact) mass is 252 g/mol. The summed E-state index contributed by atoms with van der Waals surface area (Å²) in [5, 5.41) is 9.19. The minimum Gasteiger partial charge on any atom is -0.478 e. The van der Waals surface area contributed by atoms with Crippen molar-refractivity contribution < 1.29 is 14.3 Å². The average Bonchev–Trinajstić information content (AvgIpc) is 2.84. The van der Waals surface area contributed by atoms with Crippen molar-refractivity contribution in [1.82, 2.24) is 0 Å². The Hall–Kier alpha value is -1.78. The number of rotatable bonds is 3. The average molecular weight is 252 g/mol. The van der Waals surface area contributed by atoms with Crippen LogP contribution in [0.4, 0.5) is 15.8 Å². The zero-order chi connectivity index (χ0) is 13.3. The lowest BCUT2D eigenvalue weighted by atomic mass is 10.1. The van der Waals surface area contributed by atoms with Gasteiger partial charge in [0.05, 0.1) is 11.4 Å². The molecule has 0 aromatic heterocycles. The van der Waals surface area contributed by atoms with Crippen molar-refractivity contribution in [3.63, 3.8) is 0 Å². The van der Waals surface area contributed by atoms with Crippen LogP contribution in [0.5, 0.6) is 0 Å². The molecule has 1 aromatic rings. The minimum absolute atomic E-state index is 0.135. The van der Waals surface area contributed by atoms with Crippen molar-refractivity contribution in [1.29, 1.82) is 0 Å². The number of carboxylic acids is 1. The molecule has 1 fully saturated rings. The van der Waals surface area contributed by atoms with Gasteiger partial charge >= 0.3 is 5.97 Å². The minimum atomic E-state index is -1.19. The third-order valence-electron chi connectivity index (χ3n) is 3.64. The van der Waals surface area contributed by atoms with Crippen LogP contribution < -0.4 is 10.6 Å². The zero-order valence-corrected chi connectivity index (χ0v) is 10.3. The van der Waals surface area contributed by atoms with Crippen LogP contribution >= 0.6 is 0 Å². The number of carbonyl (C=O) groups is 1. The molecular formula is C13H17FN2O2. The largest absolute Gasteiger partial charge is 0.478 e. The summed E-state index contributed by atoms with van der Waals surface area (Å²) in [5.41, 5.74) is 5.61. The van der Waals surface area contributed by atoms with Gasteiger partial charge < -0.3 is 15.7 Å². The second-order valence-electron chi connectivity index (χ2n) is 4.71. The number of anilines is 2. The molecule has 0 amide bonds. The fourth-order valence-corrected chi connectivity index (χ4v) is 2.59. The van der Waals surface area contributed by atoms with Crippen LogP contribution in [-0.4, -0.2) is 24.2 Å². The topological polar surface area (TPSA) is 66.6 Å². The van der Waals surface area contributed by atoms with Crippen molar-refractivity contribution in [2.75, 3.05) is 17.7 Å². The first kappa shape index (κ1) is 12.7. The van der Waals surface area contributed by atoms with E-state index in [9.17, 15) is 14.3 Å². The molecule has 0 aliphatic heterocycles. The predicted octanol–water partition coefficient (Wildman–Crippen LogP) is 2.48. The van der Waals surface area contributed by atoms with E-state index in [1.807, 2.05) is 11.9 Å². The Kier molecular flexibility index (Phi) is 3.41. The maximum Gasteiger partial charge on any atom is 0.340 e. The fourth-order valence-electron chi connectivity index (χ4n) is 2.59. The smallest absolute Gasteiger partial charge is 0.340 e. The molecule has 1 aromatic carbocycles.